The predicted octanol–water partition coefficient (Wildman–Crippen LogP) is 4.56. The molecule has 2 aromatic heterocycles. The standard InChI is InChI=1S/C23H25FN4O4S2/c1-4-32-16-9-15(11-25-12-16)14-5-8-19(18(24)10-14)26-21(29)23(2,3)20-13-33-22(27-20)28-34(30,31)17-6-7-17/h5,8-13,17H,4,6-7H2,1-3H3,(H,26,29)(H,27,28). The molecule has 0 saturated heterocycles. The van der Waals surface area contributed by atoms with E-state index in [4.69, 9.17) is 4.74 Å². The predicted molar refractivity (Wildman–Crippen MR) is 130 cm³/mol. The highest BCUT2D eigenvalue weighted by atomic mass is 32.2. The number of anilines is 2. The zero-order chi connectivity index (χ0) is 24.5. The molecule has 1 aliphatic rings. The lowest BCUT2D eigenvalue weighted by atomic mass is 9.89. The molecule has 180 valence electrons. The van der Waals surface area contributed by atoms with Gasteiger partial charge in [0.15, 0.2) is 5.13 Å². The smallest absolute Gasteiger partial charge is 0.237 e. The van der Waals surface area contributed by atoms with Crippen molar-refractivity contribution in [3.63, 3.8) is 0 Å². The fourth-order valence-corrected chi connectivity index (χ4v) is 5.68. The molecule has 3 aromatic rings. The van der Waals surface area contributed by atoms with Crippen molar-refractivity contribution in [1.29, 1.82) is 0 Å². The first kappa shape index (κ1) is 24.1. The van der Waals surface area contributed by atoms with Gasteiger partial charge in [-0.15, -0.1) is 11.3 Å². The average molecular weight is 505 g/mol. The van der Waals surface area contributed by atoms with Crippen molar-refractivity contribution in [3.05, 3.63) is 53.6 Å². The van der Waals surface area contributed by atoms with Gasteiger partial charge in [-0.05, 0) is 57.4 Å². The van der Waals surface area contributed by atoms with E-state index in [2.05, 4.69) is 20.0 Å². The first-order chi connectivity index (χ1) is 16.1. The molecule has 1 fully saturated rings. The third-order valence-corrected chi connectivity index (χ3v) is 8.19. The molecule has 1 aromatic carbocycles. The second kappa shape index (κ2) is 9.30. The quantitative estimate of drug-likeness (QED) is 0.442. The average Bonchev–Trinajstić information content (AvgIpc) is 3.56. The van der Waals surface area contributed by atoms with Crippen molar-refractivity contribution in [2.45, 2.75) is 44.3 Å². The van der Waals surface area contributed by atoms with Crippen molar-refractivity contribution >= 4 is 38.1 Å². The van der Waals surface area contributed by atoms with E-state index in [9.17, 15) is 17.6 Å². The second-order valence-corrected chi connectivity index (χ2v) is 11.3. The molecule has 0 radical (unpaired) electrons. The normalized spacial score (nSPS) is 14.0. The summed E-state index contributed by atoms with van der Waals surface area (Å²) in [4.78, 5) is 21.4. The second-order valence-electron chi connectivity index (χ2n) is 8.50. The summed E-state index contributed by atoms with van der Waals surface area (Å²) in [6.45, 7) is 5.65. The van der Waals surface area contributed by atoms with Gasteiger partial charge in [-0.2, -0.15) is 0 Å². The maximum Gasteiger partial charge on any atom is 0.237 e. The molecule has 0 atom stereocenters. The molecule has 1 saturated carbocycles. The maximum atomic E-state index is 14.9. The number of aromatic nitrogens is 2. The molecule has 0 bridgehead atoms. The Bertz CT molecular complexity index is 1320. The summed E-state index contributed by atoms with van der Waals surface area (Å²) in [6.07, 6.45) is 4.47. The van der Waals surface area contributed by atoms with Crippen LogP contribution in [0.4, 0.5) is 15.2 Å². The number of hydrogen-bond acceptors (Lipinski definition) is 7. The maximum absolute atomic E-state index is 14.9. The number of ether oxygens (including phenoxy) is 1. The van der Waals surface area contributed by atoms with Crippen LogP contribution in [0.5, 0.6) is 5.75 Å². The Hall–Kier alpha value is -3.05. The van der Waals surface area contributed by atoms with E-state index in [1.54, 1.807) is 43.8 Å². The minimum Gasteiger partial charge on any atom is -0.492 e. The van der Waals surface area contributed by atoms with Crippen molar-refractivity contribution in [3.8, 4) is 16.9 Å². The molecule has 0 spiro atoms. The largest absolute Gasteiger partial charge is 0.492 e. The molecule has 0 aliphatic heterocycles. The monoisotopic (exact) mass is 504 g/mol. The zero-order valence-corrected chi connectivity index (χ0v) is 20.6. The summed E-state index contributed by atoms with van der Waals surface area (Å²) in [7, 11) is -3.44. The molecule has 1 amide bonds. The van der Waals surface area contributed by atoms with Crippen LogP contribution in [0.2, 0.25) is 0 Å². The summed E-state index contributed by atoms with van der Waals surface area (Å²) < 4.78 is 47.0. The highest BCUT2D eigenvalue weighted by molar-refractivity contribution is 7.93. The summed E-state index contributed by atoms with van der Waals surface area (Å²) in [5, 5.41) is 4.08. The first-order valence-electron chi connectivity index (χ1n) is 10.8. The Morgan fingerprint density at radius 3 is 2.68 bits per heavy atom. The molecule has 2 heterocycles. The van der Waals surface area contributed by atoms with Gasteiger partial charge in [-0.25, -0.2) is 17.8 Å². The van der Waals surface area contributed by atoms with Crippen molar-refractivity contribution in [1.82, 2.24) is 9.97 Å². The van der Waals surface area contributed by atoms with E-state index in [1.807, 2.05) is 6.92 Å². The molecule has 2 N–H and O–H groups in total. The number of hydrogen-bond donors (Lipinski definition) is 2. The lowest BCUT2D eigenvalue weighted by Crippen LogP contribution is -2.35. The van der Waals surface area contributed by atoms with Gasteiger partial charge < -0.3 is 10.1 Å². The lowest BCUT2D eigenvalue weighted by Gasteiger charge is -2.22. The molecule has 4 rings (SSSR count). The number of pyridine rings is 1. The van der Waals surface area contributed by atoms with Crippen LogP contribution < -0.4 is 14.8 Å². The fourth-order valence-electron chi connectivity index (χ4n) is 3.20. The molecule has 11 heteroatoms. The van der Waals surface area contributed by atoms with Gasteiger partial charge in [-0.1, -0.05) is 6.07 Å². The highest BCUT2D eigenvalue weighted by Gasteiger charge is 2.37. The molecular weight excluding hydrogens is 479 g/mol. The third kappa shape index (κ3) is 5.20. The van der Waals surface area contributed by atoms with Crippen LogP contribution in [-0.4, -0.2) is 36.1 Å². The van der Waals surface area contributed by atoms with E-state index in [-0.39, 0.29) is 16.1 Å². The van der Waals surface area contributed by atoms with Gasteiger partial charge in [-0.3, -0.25) is 14.5 Å². The summed E-state index contributed by atoms with van der Waals surface area (Å²) in [5.74, 6) is -0.484. The molecule has 8 nitrogen and oxygen atoms in total. The topological polar surface area (TPSA) is 110 Å². The number of thiazole rings is 1. The highest BCUT2D eigenvalue weighted by Crippen LogP contribution is 2.33. The fraction of sp³-hybridized carbons (Fsp3) is 0.348. The molecular formula is C23H25FN4O4S2. The number of carbonyl (C=O) groups excluding carboxylic acids is 1. The molecule has 34 heavy (non-hydrogen) atoms. The van der Waals surface area contributed by atoms with Gasteiger partial charge in [0.25, 0.3) is 0 Å². The summed E-state index contributed by atoms with van der Waals surface area (Å²) in [5.41, 5.74) is 0.572. The number of carbonyl (C=O) groups is 1. The SMILES string of the molecule is CCOc1cncc(-c2ccc(NC(=O)C(C)(C)c3csc(NS(=O)(=O)C4CC4)n3)c(F)c2)c1. The van der Waals surface area contributed by atoms with Crippen molar-refractivity contribution < 1.29 is 22.3 Å². The van der Waals surface area contributed by atoms with Gasteiger partial charge in [0.2, 0.25) is 15.9 Å². The number of benzene rings is 1. The van der Waals surface area contributed by atoms with Gasteiger partial charge in [0.05, 0.1) is 34.8 Å². The van der Waals surface area contributed by atoms with E-state index in [0.717, 1.165) is 11.3 Å². The van der Waals surface area contributed by atoms with Gasteiger partial charge >= 0.3 is 0 Å². The number of nitrogens with zero attached hydrogens (tertiary/aromatic N) is 2. The number of halogens is 1. The minimum atomic E-state index is -3.44. The third-order valence-electron chi connectivity index (χ3n) is 5.48. The van der Waals surface area contributed by atoms with Crippen LogP contribution in [-0.2, 0) is 20.2 Å². The Kier molecular flexibility index (Phi) is 6.59. The molecule has 0 unspecified atom stereocenters. The first-order valence-corrected chi connectivity index (χ1v) is 13.2. The summed E-state index contributed by atoms with van der Waals surface area (Å²) in [6, 6.07) is 6.27. The minimum absolute atomic E-state index is 0.0284. The van der Waals surface area contributed by atoms with Crippen LogP contribution in [0.1, 0.15) is 39.3 Å². The van der Waals surface area contributed by atoms with Crippen LogP contribution in [0.25, 0.3) is 11.1 Å². The number of nitrogens with one attached hydrogen (secondary N) is 2. The molecule has 1 aliphatic carbocycles. The van der Waals surface area contributed by atoms with Crippen LogP contribution in [0.15, 0.2) is 42.0 Å². The van der Waals surface area contributed by atoms with Crippen LogP contribution >= 0.6 is 11.3 Å². The van der Waals surface area contributed by atoms with Gasteiger partial charge in [0, 0.05) is 17.1 Å². The van der Waals surface area contributed by atoms with Gasteiger partial charge in [0.1, 0.15) is 11.6 Å². The zero-order valence-electron chi connectivity index (χ0n) is 19.0. The Morgan fingerprint density at radius 2 is 2.00 bits per heavy atom. The van der Waals surface area contributed by atoms with E-state index < -0.39 is 27.2 Å². The van der Waals surface area contributed by atoms with E-state index in [1.165, 1.54) is 12.1 Å². The van der Waals surface area contributed by atoms with E-state index in [0.29, 0.717) is 42.0 Å². The van der Waals surface area contributed by atoms with Crippen molar-refractivity contribution in [2.24, 2.45) is 0 Å². The Labute approximate surface area is 201 Å². The lowest BCUT2D eigenvalue weighted by molar-refractivity contribution is -0.120. The van der Waals surface area contributed by atoms with E-state index >= 15 is 0 Å². The Balaban J connectivity index is 1.48. The summed E-state index contributed by atoms with van der Waals surface area (Å²) >= 11 is 1.11. The van der Waals surface area contributed by atoms with Crippen LogP contribution in [0.3, 0.4) is 0 Å². The Morgan fingerprint density at radius 1 is 1.24 bits per heavy atom. The van der Waals surface area contributed by atoms with Crippen LogP contribution in [0, 0.1) is 5.82 Å². The van der Waals surface area contributed by atoms with Crippen molar-refractivity contribution in [2.75, 3.05) is 16.6 Å². The number of rotatable bonds is 9. The number of amides is 1. The number of sulfonamides is 1.